The van der Waals surface area contributed by atoms with Gasteiger partial charge in [0.1, 0.15) is 26.2 Å². The van der Waals surface area contributed by atoms with Gasteiger partial charge >= 0.3 is 0 Å². The van der Waals surface area contributed by atoms with Crippen molar-refractivity contribution < 1.29 is 23.6 Å². The Balaban J connectivity index is 2.57. The predicted octanol–water partition coefficient (Wildman–Crippen LogP) is -0.142. The second kappa shape index (κ2) is 5.91. The Labute approximate surface area is 102 Å². The van der Waals surface area contributed by atoms with Gasteiger partial charge in [0, 0.05) is 26.9 Å². The molecule has 1 fully saturated rings. The van der Waals surface area contributed by atoms with E-state index in [1.54, 1.807) is 14.2 Å². The molecule has 0 spiro atoms. The highest BCUT2D eigenvalue weighted by molar-refractivity contribution is 8.09. The van der Waals surface area contributed by atoms with Crippen LogP contribution in [0.3, 0.4) is 0 Å². The minimum atomic E-state index is -2.69. The van der Waals surface area contributed by atoms with E-state index in [1.165, 1.54) is 6.66 Å². The lowest BCUT2D eigenvalue weighted by atomic mass is 9.93. The fourth-order valence-electron chi connectivity index (χ4n) is 1.66. The van der Waals surface area contributed by atoms with Crippen LogP contribution in [0.5, 0.6) is 0 Å². The molecular weight excluding hydrogens is 250 g/mol. The Hall–Kier alpha value is 0.515. The molecule has 1 aliphatic heterocycles. The van der Waals surface area contributed by atoms with Gasteiger partial charge in [-0.3, -0.25) is 0 Å². The maximum absolute atomic E-state index is 9.37. The predicted molar refractivity (Wildman–Crippen MR) is 64.4 cm³/mol. The third-order valence-corrected chi connectivity index (χ3v) is 3.31. The highest BCUT2D eigenvalue weighted by Crippen LogP contribution is 2.38. The molecule has 0 bridgehead atoms. The van der Waals surface area contributed by atoms with Gasteiger partial charge in [-0.15, -0.1) is 0 Å². The largest absolute Gasteiger partial charge is 0.377 e. The topological polar surface area (TPSA) is 57.2 Å². The van der Waals surface area contributed by atoms with Gasteiger partial charge in [-0.2, -0.15) is 0 Å². The number of ether oxygens (including phenoxy) is 3. The summed E-state index contributed by atoms with van der Waals surface area (Å²) in [4.78, 5) is 9.37. The molecule has 1 heterocycles. The van der Waals surface area contributed by atoms with E-state index in [1.807, 2.05) is 0 Å². The molecule has 5 nitrogen and oxygen atoms in total. The smallest absolute Gasteiger partial charge is 0.183 e. The maximum Gasteiger partial charge on any atom is 0.183 e. The monoisotopic (exact) mass is 266 g/mol. The minimum Gasteiger partial charge on any atom is -0.377 e. The van der Waals surface area contributed by atoms with Crippen LogP contribution in [0.1, 0.15) is 0 Å². The van der Waals surface area contributed by atoms with Gasteiger partial charge in [0.15, 0.2) is 6.49 Å². The first-order valence-corrected chi connectivity index (χ1v) is 7.92. The molecule has 0 aliphatic carbocycles. The number of hydrogen-bond donors (Lipinski definition) is 1. The molecule has 0 saturated carbocycles. The van der Waals surface area contributed by atoms with Crippen molar-refractivity contribution in [2.24, 2.45) is 0 Å². The molecule has 1 aliphatic rings. The minimum absolute atomic E-state index is 0.149. The zero-order valence-electron chi connectivity index (χ0n) is 9.53. The molecule has 2 radical (unpaired) electrons. The lowest BCUT2D eigenvalue weighted by molar-refractivity contribution is -0.0360. The van der Waals surface area contributed by atoms with Crippen LogP contribution in [0.4, 0.5) is 0 Å². The van der Waals surface area contributed by atoms with Crippen LogP contribution >= 0.6 is 6.49 Å². The molecule has 0 aromatic heterocycles. The highest BCUT2D eigenvalue weighted by atomic mass is 32.5. The summed E-state index contributed by atoms with van der Waals surface area (Å²) in [5, 5.41) is 0. The SMILES string of the molecule is [B]C1OC(COP(C)(O)=S)C(OC)C1OC. The van der Waals surface area contributed by atoms with Gasteiger partial charge in [-0.1, -0.05) is 0 Å². The van der Waals surface area contributed by atoms with E-state index in [9.17, 15) is 4.89 Å². The van der Waals surface area contributed by atoms with Crippen LogP contribution in [0.25, 0.3) is 0 Å². The zero-order valence-corrected chi connectivity index (χ0v) is 11.2. The summed E-state index contributed by atoms with van der Waals surface area (Å²) in [6.07, 6.45) is -1.03. The third-order valence-electron chi connectivity index (χ3n) is 2.37. The quantitative estimate of drug-likeness (QED) is 0.552. The summed E-state index contributed by atoms with van der Waals surface area (Å²) in [6, 6.07) is -0.558. The molecule has 8 heteroatoms. The van der Waals surface area contributed by atoms with E-state index in [-0.39, 0.29) is 24.9 Å². The van der Waals surface area contributed by atoms with Gasteiger partial charge in [0.2, 0.25) is 0 Å². The van der Waals surface area contributed by atoms with Gasteiger partial charge in [0.25, 0.3) is 0 Å². The van der Waals surface area contributed by atoms with E-state index in [0.717, 1.165) is 0 Å². The Morgan fingerprint density at radius 2 is 1.94 bits per heavy atom. The van der Waals surface area contributed by atoms with Crippen molar-refractivity contribution in [3.05, 3.63) is 0 Å². The molecule has 5 unspecified atom stereocenters. The third kappa shape index (κ3) is 3.77. The van der Waals surface area contributed by atoms with Gasteiger partial charge in [-0.05, 0) is 11.8 Å². The number of methoxy groups -OCH3 is 2. The van der Waals surface area contributed by atoms with E-state index >= 15 is 0 Å². The summed E-state index contributed by atoms with van der Waals surface area (Å²) in [6.45, 7) is -1.06. The van der Waals surface area contributed by atoms with Crippen molar-refractivity contribution in [3.63, 3.8) is 0 Å². The van der Waals surface area contributed by atoms with Crippen LogP contribution in [-0.4, -0.2) is 64.5 Å². The molecule has 5 atom stereocenters. The van der Waals surface area contributed by atoms with Crippen molar-refractivity contribution >= 4 is 26.1 Å². The Morgan fingerprint density at radius 1 is 1.38 bits per heavy atom. The first-order chi connectivity index (χ1) is 7.39. The fourth-order valence-corrected chi connectivity index (χ4v) is 2.26. The molecular formula is C8H16BO5PS. The van der Waals surface area contributed by atoms with Crippen molar-refractivity contribution in [2.45, 2.75) is 24.3 Å². The van der Waals surface area contributed by atoms with Crippen molar-refractivity contribution in [1.82, 2.24) is 0 Å². The van der Waals surface area contributed by atoms with E-state index < -0.39 is 12.5 Å². The average Bonchev–Trinajstić information content (AvgIpc) is 2.49. The van der Waals surface area contributed by atoms with Crippen LogP contribution in [-0.2, 0) is 30.5 Å². The number of hydrogen-bond acceptors (Lipinski definition) is 5. The lowest BCUT2D eigenvalue weighted by Crippen LogP contribution is -2.37. The highest BCUT2D eigenvalue weighted by Gasteiger charge is 2.42. The molecule has 92 valence electrons. The van der Waals surface area contributed by atoms with E-state index in [4.69, 9.17) is 38.4 Å². The van der Waals surface area contributed by atoms with Gasteiger partial charge < -0.3 is 23.6 Å². The zero-order chi connectivity index (χ0) is 12.3. The molecule has 1 N–H and O–H groups in total. The number of rotatable bonds is 5. The summed E-state index contributed by atoms with van der Waals surface area (Å²) >= 11 is 4.77. The van der Waals surface area contributed by atoms with Crippen LogP contribution in [0, 0.1) is 0 Å². The van der Waals surface area contributed by atoms with Crippen molar-refractivity contribution in [1.29, 1.82) is 0 Å². The summed E-state index contributed by atoms with van der Waals surface area (Å²) in [7, 11) is 8.81. The average molecular weight is 266 g/mol. The van der Waals surface area contributed by atoms with Crippen LogP contribution < -0.4 is 0 Å². The van der Waals surface area contributed by atoms with Gasteiger partial charge in [-0.25, -0.2) is 0 Å². The first kappa shape index (κ1) is 14.6. The van der Waals surface area contributed by atoms with E-state index in [2.05, 4.69) is 0 Å². The standard InChI is InChI=1S/C8H16BO5PS/c1-11-6-5(4-13-15(3,10)16)14-8(9)7(6)12-2/h5-8H,4H2,1-3H3,(H,10,16). The normalized spacial score (nSPS) is 38.5. The Morgan fingerprint density at radius 3 is 2.38 bits per heavy atom. The summed E-state index contributed by atoms with van der Waals surface area (Å²) in [5.41, 5.74) is 0. The molecule has 16 heavy (non-hydrogen) atoms. The first-order valence-electron chi connectivity index (χ1n) is 4.80. The molecule has 1 rings (SSSR count). The molecule has 1 saturated heterocycles. The second-order valence-electron chi connectivity index (χ2n) is 3.64. The maximum atomic E-state index is 9.37. The van der Waals surface area contributed by atoms with Gasteiger partial charge in [0.05, 0.1) is 6.61 Å². The van der Waals surface area contributed by atoms with Crippen molar-refractivity contribution in [3.8, 4) is 0 Å². The van der Waals surface area contributed by atoms with Crippen LogP contribution in [0.2, 0.25) is 0 Å². The molecule has 0 aromatic carbocycles. The second-order valence-corrected chi connectivity index (χ2v) is 7.54. The van der Waals surface area contributed by atoms with E-state index in [0.29, 0.717) is 0 Å². The molecule has 0 aromatic rings. The van der Waals surface area contributed by atoms with Crippen molar-refractivity contribution in [2.75, 3.05) is 27.5 Å². The fraction of sp³-hybridized carbons (Fsp3) is 1.00. The summed E-state index contributed by atoms with van der Waals surface area (Å²) in [5.74, 6) is 0. The summed E-state index contributed by atoms with van der Waals surface area (Å²) < 4.78 is 21.0. The van der Waals surface area contributed by atoms with Crippen LogP contribution in [0.15, 0.2) is 0 Å². The Bertz CT molecular complexity index is 273. The lowest BCUT2D eigenvalue weighted by Gasteiger charge is -2.22. The Kier molecular flexibility index (Phi) is 5.39. The molecule has 0 amide bonds.